The Morgan fingerprint density at radius 1 is 1.09 bits per heavy atom. The molecule has 2 heterocycles. The minimum atomic E-state index is -0.111. The standard InChI is InChI=1S/C24H30N6O2/c1-4-29(5-2)11-12-32-18-9-7-17(8-10-18)15-25-23-19-13-21-22(14-20(19)26-16-27-23)30(6-3)24(31)28-21/h7-10,13-14,16H,4-6,11-12,15H2,1-3H3,(H,28,31)(H,25,26,27). The molecule has 0 unspecified atom stereocenters. The fourth-order valence-electron chi connectivity index (χ4n) is 3.88. The minimum Gasteiger partial charge on any atom is -0.492 e. The van der Waals surface area contributed by atoms with E-state index in [1.165, 1.54) is 0 Å². The van der Waals surface area contributed by atoms with Crippen LogP contribution in [0.1, 0.15) is 26.3 Å². The fraction of sp³-hybridized carbons (Fsp3) is 0.375. The maximum atomic E-state index is 12.1. The molecule has 32 heavy (non-hydrogen) atoms. The first-order valence-electron chi connectivity index (χ1n) is 11.2. The Bertz CT molecular complexity index is 1240. The van der Waals surface area contributed by atoms with Gasteiger partial charge in [-0.3, -0.25) is 4.57 Å². The van der Waals surface area contributed by atoms with E-state index in [0.29, 0.717) is 19.7 Å². The molecule has 8 heteroatoms. The van der Waals surface area contributed by atoms with E-state index in [1.807, 2.05) is 31.2 Å². The highest BCUT2D eigenvalue weighted by atomic mass is 16.5. The van der Waals surface area contributed by atoms with E-state index in [2.05, 4.69) is 51.1 Å². The van der Waals surface area contributed by atoms with E-state index >= 15 is 0 Å². The van der Waals surface area contributed by atoms with Gasteiger partial charge in [0.2, 0.25) is 0 Å². The quantitative estimate of drug-likeness (QED) is 0.396. The summed E-state index contributed by atoms with van der Waals surface area (Å²) in [6, 6.07) is 12.0. The molecule has 0 aliphatic carbocycles. The molecule has 0 aliphatic rings. The van der Waals surface area contributed by atoms with Crippen molar-refractivity contribution in [3.63, 3.8) is 0 Å². The first-order valence-corrected chi connectivity index (χ1v) is 11.2. The third kappa shape index (κ3) is 4.60. The highest BCUT2D eigenvalue weighted by Crippen LogP contribution is 2.25. The van der Waals surface area contributed by atoms with Gasteiger partial charge in [0.25, 0.3) is 0 Å². The Balaban J connectivity index is 1.45. The topological polar surface area (TPSA) is 88.1 Å². The van der Waals surface area contributed by atoms with E-state index in [1.54, 1.807) is 10.9 Å². The number of nitrogens with zero attached hydrogens (tertiary/aromatic N) is 4. The van der Waals surface area contributed by atoms with Gasteiger partial charge in [-0.25, -0.2) is 14.8 Å². The Morgan fingerprint density at radius 3 is 2.59 bits per heavy atom. The van der Waals surface area contributed by atoms with Crippen molar-refractivity contribution in [2.75, 3.05) is 31.6 Å². The number of aromatic nitrogens is 4. The number of likely N-dealkylation sites (N-methyl/N-ethyl adjacent to an activating group) is 1. The number of aryl methyl sites for hydroxylation is 1. The molecule has 0 bridgehead atoms. The zero-order valence-corrected chi connectivity index (χ0v) is 18.9. The van der Waals surface area contributed by atoms with Gasteiger partial charge in [-0.05, 0) is 49.8 Å². The molecule has 0 spiro atoms. The number of ether oxygens (including phenoxy) is 1. The number of rotatable bonds is 10. The summed E-state index contributed by atoms with van der Waals surface area (Å²) in [5.74, 6) is 1.61. The third-order valence-corrected chi connectivity index (χ3v) is 5.80. The molecule has 0 fully saturated rings. The second-order valence-electron chi connectivity index (χ2n) is 7.66. The Labute approximate surface area is 187 Å². The minimum absolute atomic E-state index is 0.111. The summed E-state index contributed by atoms with van der Waals surface area (Å²) in [5, 5.41) is 4.28. The van der Waals surface area contributed by atoms with Crippen LogP contribution in [0.2, 0.25) is 0 Å². The molecule has 4 aromatic rings. The number of benzene rings is 2. The predicted octanol–water partition coefficient (Wildman–Crippen LogP) is 3.63. The van der Waals surface area contributed by atoms with E-state index in [4.69, 9.17) is 4.74 Å². The molecule has 2 aromatic carbocycles. The maximum Gasteiger partial charge on any atom is 0.326 e. The van der Waals surface area contributed by atoms with Gasteiger partial charge in [0.1, 0.15) is 24.5 Å². The van der Waals surface area contributed by atoms with Gasteiger partial charge < -0.3 is 19.9 Å². The number of nitrogens with one attached hydrogen (secondary N) is 2. The molecule has 0 atom stereocenters. The van der Waals surface area contributed by atoms with Crippen LogP contribution in [0.25, 0.3) is 21.9 Å². The smallest absolute Gasteiger partial charge is 0.326 e. The molecule has 2 aromatic heterocycles. The third-order valence-electron chi connectivity index (χ3n) is 5.80. The average molecular weight is 435 g/mol. The zero-order chi connectivity index (χ0) is 22.5. The van der Waals surface area contributed by atoms with Crippen LogP contribution in [0.5, 0.6) is 5.75 Å². The number of H-pyrrole nitrogens is 1. The summed E-state index contributed by atoms with van der Waals surface area (Å²) in [5.41, 5.74) is 3.45. The number of anilines is 1. The molecular weight excluding hydrogens is 404 g/mol. The Hall–Kier alpha value is -3.39. The lowest BCUT2D eigenvalue weighted by molar-refractivity contribution is 0.223. The highest BCUT2D eigenvalue weighted by molar-refractivity contribution is 5.98. The van der Waals surface area contributed by atoms with Gasteiger partial charge in [0.15, 0.2) is 0 Å². The van der Waals surface area contributed by atoms with Crippen molar-refractivity contribution in [1.29, 1.82) is 0 Å². The maximum absolute atomic E-state index is 12.1. The van der Waals surface area contributed by atoms with Gasteiger partial charge in [0.05, 0.1) is 16.6 Å². The molecular formula is C24H30N6O2. The molecule has 0 saturated carbocycles. The van der Waals surface area contributed by atoms with Gasteiger partial charge in [0, 0.05) is 25.0 Å². The van der Waals surface area contributed by atoms with Crippen molar-refractivity contribution in [1.82, 2.24) is 24.4 Å². The van der Waals surface area contributed by atoms with Gasteiger partial charge in [-0.1, -0.05) is 26.0 Å². The lowest BCUT2D eigenvalue weighted by Gasteiger charge is -2.18. The van der Waals surface area contributed by atoms with E-state index in [0.717, 1.165) is 58.7 Å². The van der Waals surface area contributed by atoms with Crippen molar-refractivity contribution < 1.29 is 4.74 Å². The lowest BCUT2D eigenvalue weighted by Crippen LogP contribution is -2.27. The van der Waals surface area contributed by atoms with Crippen LogP contribution in [0, 0.1) is 0 Å². The summed E-state index contributed by atoms with van der Waals surface area (Å²) in [4.78, 5) is 26.2. The molecule has 0 aliphatic heterocycles. The van der Waals surface area contributed by atoms with Gasteiger partial charge in [-0.2, -0.15) is 0 Å². The van der Waals surface area contributed by atoms with Gasteiger partial charge in [-0.15, -0.1) is 0 Å². The largest absolute Gasteiger partial charge is 0.492 e. The summed E-state index contributed by atoms with van der Waals surface area (Å²) in [6.45, 7) is 11.2. The number of hydrogen-bond acceptors (Lipinski definition) is 6. The normalized spacial score (nSPS) is 11.5. The van der Waals surface area contributed by atoms with Crippen molar-refractivity contribution in [2.45, 2.75) is 33.9 Å². The van der Waals surface area contributed by atoms with E-state index < -0.39 is 0 Å². The Kier molecular flexibility index (Phi) is 6.70. The molecule has 2 N–H and O–H groups in total. The number of fused-ring (bicyclic) bond motifs is 2. The monoisotopic (exact) mass is 434 g/mol. The molecule has 0 saturated heterocycles. The van der Waals surface area contributed by atoms with E-state index in [-0.39, 0.29) is 5.69 Å². The molecule has 168 valence electrons. The molecule has 0 radical (unpaired) electrons. The average Bonchev–Trinajstić information content (AvgIpc) is 3.13. The van der Waals surface area contributed by atoms with Crippen LogP contribution in [0.4, 0.5) is 5.82 Å². The highest BCUT2D eigenvalue weighted by Gasteiger charge is 2.10. The first-order chi connectivity index (χ1) is 15.6. The Morgan fingerprint density at radius 2 is 1.88 bits per heavy atom. The summed E-state index contributed by atoms with van der Waals surface area (Å²) >= 11 is 0. The molecule has 0 amide bonds. The summed E-state index contributed by atoms with van der Waals surface area (Å²) in [7, 11) is 0. The van der Waals surface area contributed by atoms with Crippen molar-refractivity contribution in [3.05, 3.63) is 58.8 Å². The molecule has 4 rings (SSSR count). The summed E-state index contributed by atoms with van der Waals surface area (Å²) in [6.07, 6.45) is 1.55. The predicted molar refractivity (Wildman–Crippen MR) is 128 cm³/mol. The second kappa shape index (κ2) is 9.82. The van der Waals surface area contributed by atoms with E-state index in [9.17, 15) is 4.79 Å². The molecule has 8 nitrogen and oxygen atoms in total. The van der Waals surface area contributed by atoms with Crippen LogP contribution >= 0.6 is 0 Å². The van der Waals surface area contributed by atoms with Crippen LogP contribution in [0.3, 0.4) is 0 Å². The second-order valence-corrected chi connectivity index (χ2v) is 7.66. The van der Waals surface area contributed by atoms with Crippen LogP contribution in [-0.4, -0.2) is 50.7 Å². The van der Waals surface area contributed by atoms with Crippen molar-refractivity contribution in [2.24, 2.45) is 0 Å². The van der Waals surface area contributed by atoms with Crippen LogP contribution in [0.15, 0.2) is 47.5 Å². The van der Waals surface area contributed by atoms with Crippen molar-refractivity contribution >= 4 is 27.8 Å². The first kappa shape index (κ1) is 21.8. The zero-order valence-electron chi connectivity index (χ0n) is 18.9. The number of hydrogen-bond donors (Lipinski definition) is 2. The van der Waals surface area contributed by atoms with Crippen LogP contribution in [-0.2, 0) is 13.1 Å². The van der Waals surface area contributed by atoms with Gasteiger partial charge >= 0.3 is 5.69 Å². The lowest BCUT2D eigenvalue weighted by atomic mass is 10.2. The summed E-state index contributed by atoms with van der Waals surface area (Å²) < 4.78 is 7.57. The number of aromatic amines is 1. The van der Waals surface area contributed by atoms with Crippen LogP contribution < -0.4 is 15.7 Å². The fourth-order valence-corrected chi connectivity index (χ4v) is 3.88. The SMILES string of the molecule is CCN(CC)CCOc1ccc(CNc2ncnc3cc4c(cc23)[nH]c(=O)n4CC)cc1. The van der Waals surface area contributed by atoms with Crippen molar-refractivity contribution in [3.8, 4) is 5.75 Å². The number of imidazole rings is 1.